The third kappa shape index (κ3) is 2.41. The van der Waals surface area contributed by atoms with Crippen LogP contribution in [0.2, 0.25) is 0 Å². The second-order valence-electron chi connectivity index (χ2n) is 4.99. The molecule has 0 aromatic carbocycles. The highest BCUT2D eigenvalue weighted by Crippen LogP contribution is 2.42. The van der Waals surface area contributed by atoms with Gasteiger partial charge in [0.2, 0.25) is 11.7 Å². The molecule has 2 aromatic rings. The molecule has 23 heavy (non-hydrogen) atoms. The summed E-state index contributed by atoms with van der Waals surface area (Å²) < 4.78 is 26.3. The van der Waals surface area contributed by atoms with Gasteiger partial charge in [-0.2, -0.15) is 0 Å². The molecule has 1 aliphatic rings. The lowest BCUT2D eigenvalue weighted by atomic mass is 10.1. The lowest BCUT2D eigenvalue weighted by molar-refractivity contribution is 0.104. The van der Waals surface area contributed by atoms with Crippen LogP contribution in [0.15, 0.2) is 29.6 Å². The van der Waals surface area contributed by atoms with Crippen molar-refractivity contribution in [2.24, 2.45) is 0 Å². The minimum absolute atomic E-state index is 0.217. The van der Waals surface area contributed by atoms with Crippen LogP contribution in [0.25, 0.3) is 0 Å². The molecule has 7 nitrogen and oxygen atoms in total. The molecule has 1 N–H and O–H groups in total. The Hall–Kier alpha value is -2.26. The van der Waals surface area contributed by atoms with Crippen molar-refractivity contribution in [1.82, 2.24) is 9.97 Å². The Morgan fingerprint density at radius 1 is 1.26 bits per heavy atom. The Labute approximate surface area is 137 Å². The summed E-state index contributed by atoms with van der Waals surface area (Å²) in [5.74, 6) is -0.293. The molecule has 0 saturated heterocycles. The first-order chi connectivity index (χ1) is 10.8. The van der Waals surface area contributed by atoms with E-state index >= 15 is 0 Å². The number of carbonyl (C=O) groups is 1. The van der Waals surface area contributed by atoms with Crippen LogP contribution in [0.4, 0.5) is 10.9 Å². The number of anilines is 2. The molecule has 3 heterocycles. The summed E-state index contributed by atoms with van der Waals surface area (Å²) >= 11 is 1.30. The zero-order valence-electron chi connectivity index (χ0n) is 12.7. The van der Waals surface area contributed by atoms with Gasteiger partial charge in [-0.25, -0.2) is 18.4 Å². The Morgan fingerprint density at radius 2 is 1.91 bits per heavy atom. The van der Waals surface area contributed by atoms with E-state index < -0.39 is 15.8 Å². The van der Waals surface area contributed by atoms with Gasteiger partial charge in [-0.05, 0) is 25.5 Å². The lowest BCUT2D eigenvalue weighted by Gasteiger charge is -2.25. The van der Waals surface area contributed by atoms with Crippen LogP contribution in [-0.2, 0) is 10.0 Å². The van der Waals surface area contributed by atoms with Crippen molar-refractivity contribution in [1.29, 1.82) is 0 Å². The van der Waals surface area contributed by atoms with E-state index in [9.17, 15) is 13.2 Å². The van der Waals surface area contributed by atoms with Gasteiger partial charge in [0.15, 0.2) is 4.91 Å². The quantitative estimate of drug-likeness (QED) is 0.834. The van der Waals surface area contributed by atoms with E-state index in [-0.39, 0.29) is 10.9 Å². The lowest BCUT2D eigenvalue weighted by Crippen LogP contribution is -2.36. The molecule has 2 aromatic heterocycles. The van der Waals surface area contributed by atoms with Crippen molar-refractivity contribution in [2.45, 2.75) is 13.8 Å². The molecule has 9 heteroatoms. The molecular weight excluding hydrogens is 336 g/mol. The summed E-state index contributed by atoms with van der Waals surface area (Å²) in [5.41, 5.74) is 1.24. The zero-order valence-corrected chi connectivity index (χ0v) is 14.3. The van der Waals surface area contributed by atoms with E-state index in [0.29, 0.717) is 10.6 Å². The number of aromatic nitrogens is 2. The number of allylic oxidation sites excluding steroid dienone is 1. The summed E-state index contributed by atoms with van der Waals surface area (Å²) in [6.07, 6.45) is 4.18. The van der Waals surface area contributed by atoms with Gasteiger partial charge < -0.3 is 5.32 Å². The largest absolute Gasteiger partial charge is 0.329 e. The van der Waals surface area contributed by atoms with Crippen molar-refractivity contribution in [3.05, 3.63) is 45.6 Å². The molecule has 120 valence electrons. The monoisotopic (exact) mass is 350 g/mol. The van der Waals surface area contributed by atoms with Gasteiger partial charge in [0, 0.05) is 30.5 Å². The predicted octanol–water partition coefficient (Wildman–Crippen LogP) is 2.07. The van der Waals surface area contributed by atoms with Gasteiger partial charge in [0.25, 0.3) is 10.0 Å². The van der Waals surface area contributed by atoms with Crippen molar-refractivity contribution < 1.29 is 13.2 Å². The zero-order chi connectivity index (χ0) is 16.8. The first-order valence-corrected chi connectivity index (χ1v) is 8.97. The fraction of sp³-hybridized carbons (Fsp3) is 0.214. The molecule has 0 atom stereocenters. The third-order valence-corrected chi connectivity index (χ3v) is 6.80. The smallest absolute Gasteiger partial charge is 0.270 e. The maximum Gasteiger partial charge on any atom is 0.270 e. The molecule has 0 saturated carbocycles. The summed E-state index contributed by atoms with van der Waals surface area (Å²) in [5, 5.41) is 3.13. The molecule has 0 spiro atoms. The Kier molecular flexibility index (Phi) is 3.69. The molecule has 0 aliphatic carbocycles. The molecule has 0 bridgehead atoms. The molecule has 1 aliphatic heterocycles. The number of nitrogens with one attached hydrogen (secondary N) is 1. The van der Waals surface area contributed by atoms with E-state index in [4.69, 9.17) is 0 Å². The second-order valence-corrected chi connectivity index (χ2v) is 8.13. The third-order valence-electron chi connectivity index (χ3n) is 3.64. The van der Waals surface area contributed by atoms with Crippen LogP contribution >= 0.6 is 11.3 Å². The van der Waals surface area contributed by atoms with Crippen LogP contribution < -0.4 is 9.62 Å². The SMILES string of the molecule is Cc1sc2c(c1C)C(=O)C(=CNc1ncccn1)S(=O)(=O)N2C. The molecule has 0 fully saturated rings. The minimum Gasteiger partial charge on any atom is -0.329 e. The van der Waals surface area contributed by atoms with Crippen molar-refractivity contribution >= 4 is 38.1 Å². The Bertz CT molecular complexity index is 917. The highest BCUT2D eigenvalue weighted by atomic mass is 32.2. The molecular formula is C14H14N4O3S2. The van der Waals surface area contributed by atoms with Gasteiger partial charge in [0.1, 0.15) is 5.00 Å². The number of Topliss-reactive ketones (excluding diaryl/α,β-unsaturated/α-hetero) is 1. The van der Waals surface area contributed by atoms with Crippen LogP contribution in [0.1, 0.15) is 20.8 Å². The average Bonchev–Trinajstić information content (AvgIpc) is 2.82. The van der Waals surface area contributed by atoms with Crippen molar-refractivity contribution in [2.75, 3.05) is 16.7 Å². The summed E-state index contributed by atoms with van der Waals surface area (Å²) in [6, 6.07) is 1.64. The highest BCUT2D eigenvalue weighted by molar-refractivity contribution is 7.98. The standard InChI is InChI=1S/C14H14N4O3S2/c1-8-9(2)22-13-11(8)12(19)10(23(20,21)18(13)3)7-17-14-15-5-4-6-16-14/h4-7H,1-3H3,(H,15,16,17). The number of carbonyl (C=O) groups excluding carboxylic acids is 1. The number of ketones is 1. The van der Waals surface area contributed by atoms with E-state index in [1.54, 1.807) is 6.07 Å². The van der Waals surface area contributed by atoms with Gasteiger partial charge in [0.05, 0.1) is 5.56 Å². The number of hydrogen-bond donors (Lipinski definition) is 1. The number of thiophene rings is 1. The number of sulfonamides is 1. The minimum atomic E-state index is -3.90. The first kappa shape index (κ1) is 15.6. The van der Waals surface area contributed by atoms with Crippen LogP contribution in [0.5, 0.6) is 0 Å². The molecule has 0 amide bonds. The summed E-state index contributed by atoms with van der Waals surface area (Å²) in [6.45, 7) is 3.69. The van der Waals surface area contributed by atoms with Gasteiger partial charge >= 0.3 is 0 Å². The predicted molar refractivity (Wildman–Crippen MR) is 89.2 cm³/mol. The first-order valence-electron chi connectivity index (χ1n) is 6.71. The number of aryl methyl sites for hydroxylation is 1. The van der Waals surface area contributed by atoms with Crippen LogP contribution in [0.3, 0.4) is 0 Å². The van der Waals surface area contributed by atoms with Crippen LogP contribution in [0, 0.1) is 13.8 Å². The highest BCUT2D eigenvalue weighted by Gasteiger charge is 2.41. The maximum absolute atomic E-state index is 12.7. The summed E-state index contributed by atoms with van der Waals surface area (Å²) in [7, 11) is -2.45. The molecule has 0 radical (unpaired) electrons. The fourth-order valence-corrected chi connectivity index (χ4v) is 4.82. The fourth-order valence-electron chi connectivity index (χ4n) is 2.24. The van der Waals surface area contributed by atoms with Gasteiger partial charge in [-0.15, -0.1) is 11.3 Å². The molecule has 0 unspecified atom stereocenters. The number of hydrogen-bond acceptors (Lipinski definition) is 7. The van der Waals surface area contributed by atoms with E-state index in [2.05, 4.69) is 15.3 Å². The number of nitrogens with zero attached hydrogens (tertiary/aromatic N) is 3. The number of rotatable bonds is 2. The van der Waals surface area contributed by atoms with Gasteiger partial charge in [-0.1, -0.05) is 0 Å². The Balaban J connectivity index is 2.10. The maximum atomic E-state index is 12.7. The normalized spacial score (nSPS) is 18.1. The van der Waals surface area contributed by atoms with E-state index in [1.165, 1.54) is 30.8 Å². The Morgan fingerprint density at radius 3 is 2.57 bits per heavy atom. The topological polar surface area (TPSA) is 92.3 Å². The van der Waals surface area contributed by atoms with Gasteiger partial charge in [-0.3, -0.25) is 9.10 Å². The van der Waals surface area contributed by atoms with Crippen molar-refractivity contribution in [3.8, 4) is 0 Å². The molecule has 3 rings (SSSR count). The number of fused-ring (bicyclic) bond motifs is 1. The van der Waals surface area contributed by atoms with Crippen molar-refractivity contribution in [3.63, 3.8) is 0 Å². The van der Waals surface area contributed by atoms with E-state index in [0.717, 1.165) is 20.9 Å². The second kappa shape index (κ2) is 5.43. The van der Waals surface area contributed by atoms with Crippen LogP contribution in [-0.4, -0.2) is 31.2 Å². The van der Waals surface area contributed by atoms with E-state index in [1.807, 2.05) is 13.8 Å². The average molecular weight is 350 g/mol. The summed E-state index contributed by atoms with van der Waals surface area (Å²) in [4.78, 5) is 21.2.